The van der Waals surface area contributed by atoms with Gasteiger partial charge in [-0.2, -0.15) is 0 Å². The van der Waals surface area contributed by atoms with Gasteiger partial charge < -0.3 is 15.1 Å². The number of urea groups is 1. The number of carbonyl (C=O) groups excluding carboxylic acids is 3. The largest absolute Gasteiger partial charge is 0.325 e. The van der Waals surface area contributed by atoms with Gasteiger partial charge in [-0.05, 0) is 30.2 Å². The molecule has 2 unspecified atom stereocenters. The Morgan fingerprint density at radius 2 is 1.50 bits per heavy atom. The molecule has 9 heteroatoms. The van der Waals surface area contributed by atoms with Crippen LogP contribution in [-0.4, -0.2) is 53.7 Å². The van der Waals surface area contributed by atoms with E-state index in [1.165, 1.54) is 4.90 Å². The van der Waals surface area contributed by atoms with Gasteiger partial charge in [-0.3, -0.25) is 14.5 Å². The zero-order valence-electron chi connectivity index (χ0n) is 19.9. The number of benzene rings is 3. The van der Waals surface area contributed by atoms with E-state index in [0.717, 1.165) is 11.3 Å². The highest BCUT2D eigenvalue weighted by Crippen LogP contribution is 2.38. The fourth-order valence-electron chi connectivity index (χ4n) is 5.39. The number of fused-ring (bicyclic) bond motifs is 3. The zero-order valence-corrected chi connectivity index (χ0v) is 19.9. The first-order chi connectivity index (χ1) is 17.4. The molecule has 2 saturated heterocycles. The van der Waals surface area contributed by atoms with Crippen LogP contribution in [0.15, 0.2) is 78.9 Å². The normalized spacial score (nSPS) is 22.5. The fraction of sp³-hybridized carbons (Fsp3) is 0.222. The lowest BCUT2D eigenvalue weighted by Crippen LogP contribution is -2.57. The van der Waals surface area contributed by atoms with Gasteiger partial charge in [0.2, 0.25) is 0 Å². The third-order valence-electron chi connectivity index (χ3n) is 7.20. The average Bonchev–Trinajstić information content (AvgIpc) is 3.43. The summed E-state index contributed by atoms with van der Waals surface area (Å²) < 4.78 is 0. The van der Waals surface area contributed by atoms with Crippen LogP contribution in [-0.2, 0) is 10.3 Å². The van der Waals surface area contributed by atoms with Crippen molar-refractivity contribution in [2.75, 3.05) is 18.5 Å². The number of amides is 4. The summed E-state index contributed by atoms with van der Waals surface area (Å²) in [5.41, 5.74) is 8.71. The number of nitrogens with zero attached hydrogens (tertiary/aromatic N) is 3. The molecule has 0 spiro atoms. The molecule has 36 heavy (non-hydrogen) atoms. The maximum Gasteiger partial charge on any atom is 0.325 e. The second-order valence-electron chi connectivity index (χ2n) is 9.35. The first-order valence-corrected chi connectivity index (χ1v) is 11.8. The Labute approximate surface area is 208 Å². The molecule has 3 N–H and O–H groups in total. The van der Waals surface area contributed by atoms with Gasteiger partial charge in [0.05, 0.1) is 17.8 Å². The van der Waals surface area contributed by atoms with Crippen molar-refractivity contribution < 1.29 is 14.4 Å². The molecule has 2 fully saturated rings. The van der Waals surface area contributed by atoms with Crippen LogP contribution in [0.1, 0.15) is 27.0 Å². The van der Waals surface area contributed by atoms with E-state index in [1.54, 1.807) is 11.9 Å². The number of imide groups is 1. The second-order valence-corrected chi connectivity index (χ2v) is 9.35. The second kappa shape index (κ2) is 8.18. The molecule has 0 bridgehead atoms. The third-order valence-corrected chi connectivity index (χ3v) is 7.20. The number of hydrogen-bond acceptors (Lipinski definition) is 6. The Morgan fingerprint density at radius 1 is 0.861 bits per heavy atom. The van der Waals surface area contributed by atoms with Gasteiger partial charge >= 0.3 is 6.03 Å². The van der Waals surface area contributed by atoms with Crippen LogP contribution < -0.4 is 21.1 Å². The summed E-state index contributed by atoms with van der Waals surface area (Å²) in [6.45, 7) is 2.02. The van der Waals surface area contributed by atoms with E-state index in [2.05, 4.69) is 16.2 Å². The predicted molar refractivity (Wildman–Crippen MR) is 134 cm³/mol. The highest BCUT2D eigenvalue weighted by Gasteiger charge is 2.55. The highest BCUT2D eigenvalue weighted by atomic mass is 16.2. The Morgan fingerprint density at radius 3 is 2.14 bits per heavy atom. The van der Waals surface area contributed by atoms with Crippen molar-refractivity contribution in [3.05, 3.63) is 101 Å². The van der Waals surface area contributed by atoms with E-state index >= 15 is 0 Å². The van der Waals surface area contributed by atoms with Crippen LogP contribution in [0.4, 0.5) is 10.5 Å². The summed E-state index contributed by atoms with van der Waals surface area (Å²) in [5, 5.41) is 2.99. The van der Waals surface area contributed by atoms with E-state index in [9.17, 15) is 14.4 Å². The summed E-state index contributed by atoms with van der Waals surface area (Å²) >= 11 is 0. The summed E-state index contributed by atoms with van der Waals surface area (Å²) in [4.78, 5) is 45.3. The Bertz CT molecular complexity index is 1320. The molecule has 0 radical (unpaired) electrons. The van der Waals surface area contributed by atoms with E-state index in [-0.39, 0.29) is 18.4 Å². The molecule has 9 nitrogen and oxygen atoms in total. The smallest absolute Gasteiger partial charge is 0.318 e. The number of nitrogens with one attached hydrogen (secondary N) is 3. The summed E-state index contributed by atoms with van der Waals surface area (Å²) in [7, 11) is 1.73. The predicted octanol–water partition coefficient (Wildman–Crippen LogP) is 2.10. The van der Waals surface area contributed by atoms with Crippen LogP contribution in [0.25, 0.3) is 0 Å². The topological polar surface area (TPSA) is 97.0 Å². The molecule has 3 aromatic rings. The molecule has 4 amide bonds. The highest BCUT2D eigenvalue weighted by molar-refractivity contribution is 6.09. The van der Waals surface area contributed by atoms with E-state index < -0.39 is 24.0 Å². The fourth-order valence-corrected chi connectivity index (χ4v) is 5.39. The van der Waals surface area contributed by atoms with Crippen molar-refractivity contribution >= 4 is 23.5 Å². The molecule has 3 aliphatic rings. The molecular formula is C27H26N6O3. The maximum atomic E-state index is 14.1. The summed E-state index contributed by atoms with van der Waals surface area (Å²) in [6.07, 6.45) is -0.907. The Hall–Kier alpha value is -4.21. The van der Waals surface area contributed by atoms with Crippen molar-refractivity contribution in [1.82, 2.24) is 26.0 Å². The SMILES string of the molecule is Cc1ccc2c(c1)C(=O)N(C)C1NNC(CN3C(=O)NC(c4ccccc4)(c4ccccc4)C3=O)N21. The summed E-state index contributed by atoms with van der Waals surface area (Å²) in [6, 6.07) is 23.8. The Balaban J connectivity index is 1.37. The monoisotopic (exact) mass is 482 g/mol. The molecule has 3 aliphatic heterocycles. The minimum atomic E-state index is -1.32. The van der Waals surface area contributed by atoms with E-state index in [1.807, 2.05) is 90.7 Å². The molecule has 0 aliphatic carbocycles. The maximum absolute atomic E-state index is 14.1. The van der Waals surface area contributed by atoms with Gasteiger partial charge in [0, 0.05) is 7.05 Å². The van der Waals surface area contributed by atoms with E-state index in [4.69, 9.17) is 0 Å². The lowest BCUT2D eigenvalue weighted by atomic mass is 9.82. The van der Waals surface area contributed by atoms with Crippen molar-refractivity contribution in [3.8, 4) is 0 Å². The average molecular weight is 483 g/mol. The van der Waals surface area contributed by atoms with Crippen molar-refractivity contribution in [1.29, 1.82) is 0 Å². The standard InChI is InChI=1S/C27H26N6O3/c1-17-13-14-21-20(15-17)23(34)31(2)25-30-29-22(33(21)25)16-32-24(35)27(28-26(32)36,18-9-5-3-6-10-18)19-11-7-4-8-12-19/h3-15,22,25,29-30H,16H2,1-2H3,(H,28,36). The van der Waals surface area contributed by atoms with Gasteiger partial charge in [-0.15, -0.1) is 0 Å². The number of rotatable bonds is 4. The molecule has 6 rings (SSSR count). The number of anilines is 1. The molecule has 2 atom stereocenters. The number of carbonyl (C=O) groups is 3. The minimum absolute atomic E-state index is 0.0743. The number of aryl methyl sites for hydroxylation is 1. The Kier molecular flexibility index (Phi) is 5.06. The number of hydrogen-bond donors (Lipinski definition) is 3. The summed E-state index contributed by atoms with van der Waals surface area (Å²) in [5.74, 6) is -0.437. The molecule has 0 aromatic heterocycles. The van der Waals surface area contributed by atoms with Crippen LogP contribution >= 0.6 is 0 Å². The van der Waals surface area contributed by atoms with Crippen molar-refractivity contribution in [2.24, 2.45) is 0 Å². The molecule has 3 heterocycles. The number of hydrazine groups is 1. The minimum Gasteiger partial charge on any atom is -0.318 e. The molecule has 182 valence electrons. The third kappa shape index (κ3) is 3.13. The van der Waals surface area contributed by atoms with Crippen LogP contribution in [0.2, 0.25) is 0 Å². The molecule has 3 aromatic carbocycles. The van der Waals surface area contributed by atoms with E-state index in [0.29, 0.717) is 16.7 Å². The van der Waals surface area contributed by atoms with Gasteiger partial charge in [0.1, 0.15) is 6.17 Å². The first-order valence-electron chi connectivity index (χ1n) is 11.8. The van der Waals surface area contributed by atoms with Crippen LogP contribution in [0.5, 0.6) is 0 Å². The molecular weight excluding hydrogens is 456 g/mol. The van der Waals surface area contributed by atoms with Crippen LogP contribution in [0.3, 0.4) is 0 Å². The lowest BCUT2D eigenvalue weighted by molar-refractivity contribution is -0.130. The molecule has 0 saturated carbocycles. The van der Waals surface area contributed by atoms with Crippen molar-refractivity contribution in [2.45, 2.75) is 24.9 Å². The lowest BCUT2D eigenvalue weighted by Gasteiger charge is -2.41. The van der Waals surface area contributed by atoms with Crippen LogP contribution in [0, 0.1) is 6.92 Å². The van der Waals surface area contributed by atoms with Gasteiger partial charge in [-0.1, -0.05) is 72.3 Å². The van der Waals surface area contributed by atoms with Crippen molar-refractivity contribution in [3.63, 3.8) is 0 Å². The van der Waals surface area contributed by atoms with Gasteiger partial charge in [0.25, 0.3) is 11.8 Å². The van der Waals surface area contributed by atoms with Gasteiger partial charge in [-0.25, -0.2) is 15.6 Å². The quantitative estimate of drug-likeness (QED) is 0.493. The zero-order chi connectivity index (χ0) is 25.0. The first kappa shape index (κ1) is 22.3. The van der Waals surface area contributed by atoms with Gasteiger partial charge in [0.15, 0.2) is 11.8 Å².